The molecule has 2 rings (SSSR count). The molecular formula is C24H35BrOSi. The maximum absolute atomic E-state index is 6.60. The van der Waals surface area contributed by atoms with Crippen LogP contribution in [0.4, 0.5) is 0 Å². The molecule has 27 heavy (non-hydrogen) atoms. The van der Waals surface area contributed by atoms with Gasteiger partial charge >= 0.3 is 0 Å². The summed E-state index contributed by atoms with van der Waals surface area (Å²) >= 11 is 3.81. The first-order valence-electron chi connectivity index (χ1n) is 9.84. The zero-order chi connectivity index (χ0) is 20.5. The van der Waals surface area contributed by atoms with Gasteiger partial charge in [-0.2, -0.15) is 0 Å². The first-order chi connectivity index (χ1) is 12.3. The van der Waals surface area contributed by atoms with E-state index in [1.165, 1.54) is 11.1 Å². The van der Waals surface area contributed by atoms with Crippen LogP contribution in [0.5, 0.6) is 5.75 Å². The van der Waals surface area contributed by atoms with Gasteiger partial charge in [0.25, 0.3) is 0 Å². The Hall–Kier alpha value is -1.06. The molecule has 0 radical (unpaired) electrons. The number of halogens is 1. The predicted molar refractivity (Wildman–Crippen MR) is 124 cm³/mol. The predicted octanol–water partition coefficient (Wildman–Crippen LogP) is 8.40. The van der Waals surface area contributed by atoms with Crippen molar-refractivity contribution in [2.45, 2.75) is 72.0 Å². The Bertz CT molecular complexity index is 754. The Balaban J connectivity index is 2.47. The summed E-state index contributed by atoms with van der Waals surface area (Å²) in [6.07, 6.45) is 1.08. The lowest BCUT2D eigenvalue weighted by Crippen LogP contribution is -2.43. The second kappa shape index (κ2) is 8.12. The molecule has 0 fully saturated rings. The van der Waals surface area contributed by atoms with Gasteiger partial charge in [0.05, 0.1) is 0 Å². The fourth-order valence-electron chi connectivity index (χ4n) is 3.01. The third kappa shape index (κ3) is 5.96. The van der Waals surface area contributed by atoms with Crippen LogP contribution < -0.4 is 4.43 Å². The second-order valence-corrected chi connectivity index (χ2v) is 15.9. The van der Waals surface area contributed by atoms with Crippen LogP contribution in [-0.4, -0.2) is 8.32 Å². The van der Waals surface area contributed by atoms with Crippen LogP contribution in [0.2, 0.25) is 18.1 Å². The van der Waals surface area contributed by atoms with Crippen LogP contribution in [0.3, 0.4) is 0 Å². The highest BCUT2D eigenvalue weighted by Gasteiger charge is 2.39. The van der Waals surface area contributed by atoms with Crippen molar-refractivity contribution in [2.75, 3.05) is 0 Å². The van der Waals surface area contributed by atoms with E-state index >= 15 is 0 Å². The van der Waals surface area contributed by atoms with Crippen LogP contribution in [0.1, 0.15) is 65.0 Å². The fraction of sp³-hybridized carbons (Fsp3) is 0.500. The summed E-state index contributed by atoms with van der Waals surface area (Å²) in [5.74, 6) is 1.33. The van der Waals surface area contributed by atoms with E-state index < -0.39 is 8.32 Å². The molecule has 0 amide bonds. The van der Waals surface area contributed by atoms with Gasteiger partial charge in [0.15, 0.2) is 0 Å². The third-order valence-electron chi connectivity index (χ3n) is 5.54. The second-order valence-electron chi connectivity index (χ2n) is 10.3. The molecule has 1 atom stereocenters. The summed E-state index contributed by atoms with van der Waals surface area (Å²) in [4.78, 5) is 0. The van der Waals surface area contributed by atoms with Gasteiger partial charge in [-0.3, -0.25) is 0 Å². The minimum absolute atomic E-state index is 0.185. The fourth-order valence-corrected chi connectivity index (χ4v) is 4.55. The molecule has 2 aromatic rings. The Morgan fingerprint density at radius 2 is 1.52 bits per heavy atom. The molecular weight excluding hydrogens is 412 g/mol. The lowest BCUT2D eigenvalue weighted by atomic mass is 9.78. The van der Waals surface area contributed by atoms with E-state index in [-0.39, 0.29) is 10.5 Å². The van der Waals surface area contributed by atoms with Crippen LogP contribution in [0.15, 0.2) is 53.0 Å². The normalized spacial score (nSPS) is 14.1. The average Bonchev–Trinajstić information content (AvgIpc) is 2.53. The SMILES string of the molecule is CC(C)(C)C[C@H](c1ccccc1)c1cc(O[Si](C)(C)C(C)(C)C)ccc1Br. The van der Waals surface area contributed by atoms with Gasteiger partial charge in [-0.1, -0.05) is 87.8 Å². The molecule has 0 bridgehead atoms. The van der Waals surface area contributed by atoms with Crippen molar-refractivity contribution < 1.29 is 4.43 Å². The molecule has 0 aromatic heterocycles. The van der Waals surface area contributed by atoms with Gasteiger partial charge in [-0.15, -0.1) is 0 Å². The highest BCUT2D eigenvalue weighted by molar-refractivity contribution is 9.10. The first-order valence-corrected chi connectivity index (χ1v) is 13.5. The first kappa shape index (κ1) is 22.2. The largest absolute Gasteiger partial charge is 0.543 e. The van der Waals surface area contributed by atoms with E-state index in [2.05, 4.69) is 119 Å². The maximum atomic E-state index is 6.60. The number of rotatable bonds is 5. The van der Waals surface area contributed by atoms with E-state index in [1.807, 2.05) is 0 Å². The smallest absolute Gasteiger partial charge is 0.250 e. The zero-order valence-corrected chi connectivity index (χ0v) is 20.8. The molecule has 148 valence electrons. The summed E-state index contributed by atoms with van der Waals surface area (Å²) in [5.41, 5.74) is 2.90. The van der Waals surface area contributed by atoms with Crippen molar-refractivity contribution >= 4 is 24.2 Å². The molecule has 0 aliphatic carbocycles. The zero-order valence-electron chi connectivity index (χ0n) is 18.2. The molecule has 3 heteroatoms. The molecule has 1 nitrogen and oxygen atoms in total. The summed E-state index contributed by atoms with van der Waals surface area (Å²) in [5, 5.41) is 0.185. The van der Waals surface area contributed by atoms with E-state index in [4.69, 9.17) is 4.43 Å². The van der Waals surface area contributed by atoms with E-state index in [9.17, 15) is 0 Å². The van der Waals surface area contributed by atoms with Gasteiger partial charge in [-0.05, 0) is 59.3 Å². The highest BCUT2D eigenvalue weighted by atomic mass is 79.9. The molecule has 2 aromatic carbocycles. The Morgan fingerprint density at radius 1 is 0.926 bits per heavy atom. The Labute approximate surface area is 175 Å². The lowest BCUT2D eigenvalue weighted by molar-refractivity contribution is 0.356. The minimum atomic E-state index is -1.86. The van der Waals surface area contributed by atoms with E-state index in [1.54, 1.807) is 0 Å². The van der Waals surface area contributed by atoms with Crippen molar-refractivity contribution in [1.82, 2.24) is 0 Å². The van der Waals surface area contributed by atoms with Crippen molar-refractivity contribution in [2.24, 2.45) is 5.41 Å². The van der Waals surface area contributed by atoms with Crippen molar-refractivity contribution in [3.63, 3.8) is 0 Å². The summed E-state index contributed by atoms with van der Waals surface area (Å²) in [6, 6.07) is 17.3. The van der Waals surface area contributed by atoms with Crippen LogP contribution in [0, 0.1) is 5.41 Å². The number of hydrogen-bond donors (Lipinski definition) is 0. The van der Waals surface area contributed by atoms with Gasteiger partial charge in [0.2, 0.25) is 8.32 Å². The number of hydrogen-bond acceptors (Lipinski definition) is 1. The van der Waals surface area contributed by atoms with Gasteiger partial charge < -0.3 is 4.43 Å². The quantitative estimate of drug-likeness (QED) is 0.418. The van der Waals surface area contributed by atoms with Crippen LogP contribution >= 0.6 is 15.9 Å². The average molecular weight is 448 g/mol. The van der Waals surface area contributed by atoms with Crippen molar-refractivity contribution in [3.8, 4) is 5.75 Å². The number of benzene rings is 2. The minimum Gasteiger partial charge on any atom is -0.543 e. The summed E-state index contributed by atoms with van der Waals surface area (Å²) in [7, 11) is -1.86. The molecule has 0 unspecified atom stereocenters. The van der Waals surface area contributed by atoms with Crippen molar-refractivity contribution in [1.29, 1.82) is 0 Å². The monoisotopic (exact) mass is 446 g/mol. The Morgan fingerprint density at radius 3 is 2.04 bits per heavy atom. The lowest BCUT2D eigenvalue weighted by Gasteiger charge is -2.37. The molecule has 0 saturated heterocycles. The molecule has 0 heterocycles. The highest BCUT2D eigenvalue weighted by Crippen LogP contribution is 2.42. The molecule has 0 aliphatic rings. The van der Waals surface area contributed by atoms with Crippen LogP contribution in [0.25, 0.3) is 0 Å². The summed E-state index contributed by atoms with van der Waals surface area (Å²) in [6.45, 7) is 18.4. The van der Waals surface area contributed by atoms with Gasteiger partial charge in [0, 0.05) is 10.4 Å². The third-order valence-corrected chi connectivity index (χ3v) is 10.6. The van der Waals surface area contributed by atoms with Gasteiger partial charge in [0.1, 0.15) is 5.75 Å². The molecule has 0 aliphatic heterocycles. The molecule has 0 saturated carbocycles. The molecule has 0 spiro atoms. The molecule has 0 N–H and O–H groups in total. The maximum Gasteiger partial charge on any atom is 0.250 e. The van der Waals surface area contributed by atoms with Gasteiger partial charge in [-0.25, -0.2) is 0 Å². The van der Waals surface area contributed by atoms with E-state index in [0.29, 0.717) is 5.92 Å². The standard InChI is InChI=1S/C24H35BrOSi/c1-23(2,3)17-21(18-12-10-9-11-13-18)20-16-19(14-15-22(20)25)26-27(7,8)24(4,5)6/h9-16,21H,17H2,1-8H3/t21-/m1/s1. The topological polar surface area (TPSA) is 9.23 Å². The van der Waals surface area contributed by atoms with Crippen LogP contribution in [-0.2, 0) is 0 Å². The summed E-state index contributed by atoms with van der Waals surface area (Å²) < 4.78 is 7.75. The van der Waals surface area contributed by atoms with E-state index in [0.717, 1.165) is 16.6 Å². The van der Waals surface area contributed by atoms with Crippen molar-refractivity contribution in [3.05, 3.63) is 64.1 Å². The Kier molecular flexibility index (Phi) is 6.69.